The minimum Gasteiger partial charge on any atom is -0.436 e. The second kappa shape index (κ2) is 20.8. The van der Waals surface area contributed by atoms with Crippen LogP contribution in [0.4, 0.5) is 8.78 Å². The van der Waals surface area contributed by atoms with Gasteiger partial charge in [-0.15, -0.1) is 0 Å². The number of rotatable bonds is 10. The first-order valence-electron chi connectivity index (χ1n) is 12.6. The fraction of sp³-hybridized carbons (Fsp3) is 0.444. The number of benzene rings is 2. The zero-order chi connectivity index (χ0) is 30.6. The molecular formula is C27H38F2N3O8P. The number of ether oxygens (including phenoxy) is 2. The third kappa shape index (κ3) is 13.4. The molecule has 1 aliphatic rings. The summed E-state index contributed by atoms with van der Waals surface area (Å²) in [6.07, 6.45) is 3.15. The molecule has 0 radical (unpaired) electrons. The lowest BCUT2D eigenvalue weighted by Crippen LogP contribution is -2.31. The average Bonchev–Trinajstić information content (AvgIpc) is 3.45. The van der Waals surface area contributed by atoms with Crippen molar-refractivity contribution in [3.63, 3.8) is 0 Å². The molecule has 3 aromatic rings. The van der Waals surface area contributed by atoms with Gasteiger partial charge in [0.1, 0.15) is 18.3 Å². The number of alkyl halides is 2. The fourth-order valence-corrected chi connectivity index (χ4v) is 4.39. The summed E-state index contributed by atoms with van der Waals surface area (Å²) >= 11 is 0. The highest BCUT2D eigenvalue weighted by molar-refractivity contribution is 7.45. The molecule has 1 fully saturated rings. The Morgan fingerprint density at radius 2 is 1.80 bits per heavy atom. The van der Waals surface area contributed by atoms with Crippen LogP contribution >= 0.6 is 8.53 Å². The Morgan fingerprint density at radius 1 is 1.15 bits per heavy atom. The maximum atomic E-state index is 12.0. The zero-order valence-corrected chi connectivity index (χ0v) is 24.4. The van der Waals surface area contributed by atoms with Gasteiger partial charge in [0.15, 0.2) is 0 Å². The number of carbonyl (C=O) groups excluding carboxylic acids is 1. The number of methoxy groups -OCH3 is 1. The van der Waals surface area contributed by atoms with E-state index in [9.17, 15) is 23.2 Å². The molecule has 3 atom stereocenters. The van der Waals surface area contributed by atoms with Crippen molar-refractivity contribution in [1.82, 2.24) is 14.6 Å². The number of aliphatic hydroxyl groups is 1. The lowest BCUT2D eigenvalue weighted by atomic mass is 10.1. The summed E-state index contributed by atoms with van der Waals surface area (Å²) in [6.45, 7) is 2.58. The molecule has 1 aromatic heterocycles. The third-order valence-electron chi connectivity index (χ3n) is 5.31. The second-order valence-electron chi connectivity index (χ2n) is 8.37. The number of aromatic amines is 1. The number of aromatic nitrogens is 2. The number of hydrogen-bond donors (Lipinski definition) is 3. The molecule has 0 aliphatic carbocycles. The first kappa shape index (κ1) is 36.0. The lowest BCUT2D eigenvalue weighted by Gasteiger charge is -2.20. The Bertz CT molecular complexity index is 1260. The molecule has 41 heavy (non-hydrogen) atoms. The van der Waals surface area contributed by atoms with E-state index in [1.165, 1.54) is 16.8 Å². The van der Waals surface area contributed by atoms with E-state index < -0.39 is 32.9 Å². The molecule has 11 nitrogen and oxygen atoms in total. The molecular weight excluding hydrogens is 563 g/mol. The molecule has 0 amide bonds. The van der Waals surface area contributed by atoms with Gasteiger partial charge in [-0.25, -0.2) is 18.7 Å². The van der Waals surface area contributed by atoms with Gasteiger partial charge in [-0.1, -0.05) is 30.3 Å². The van der Waals surface area contributed by atoms with E-state index in [-0.39, 0.29) is 19.3 Å². The maximum absolute atomic E-state index is 12.0. The van der Waals surface area contributed by atoms with Crippen LogP contribution in [0.25, 0.3) is 10.8 Å². The van der Waals surface area contributed by atoms with Crippen molar-refractivity contribution < 1.29 is 37.2 Å². The predicted octanol–water partition coefficient (Wildman–Crippen LogP) is 4.01. The van der Waals surface area contributed by atoms with Crippen LogP contribution in [0.5, 0.6) is 5.75 Å². The van der Waals surface area contributed by atoms with E-state index in [2.05, 4.69) is 10.1 Å². The van der Waals surface area contributed by atoms with E-state index in [1.54, 1.807) is 7.11 Å². The van der Waals surface area contributed by atoms with Crippen molar-refractivity contribution in [2.24, 2.45) is 0 Å². The minimum atomic E-state index is -1.75. The molecule has 1 saturated heterocycles. The van der Waals surface area contributed by atoms with Crippen LogP contribution in [0, 0.1) is 0 Å². The molecule has 2 aromatic carbocycles. The smallest absolute Gasteiger partial charge is 0.330 e. The number of H-pyrrole nitrogens is 1. The van der Waals surface area contributed by atoms with Crippen LogP contribution in [0.15, 0.2) is 64.3 Å². The third-order valence-corrected chi connectivity index (χ3v) is 6.51. The number of nitrogens with one attached hydrogen (secondary N) is 2. The normalized spacial score (nSPS) is 16.4. The highest BCUT2D eigenvalue weighted by Gasteiger charge is 2.28. The molecule has 0 bridgehead atoms. The number of fused-ring (bicyclic) bond motifs is 1. The van der Waals surface area contributed by atoms with Crippen molar-refractivity contribution in [1.29, 1.82) is 0 Å². The Balaban J connectivity index is 0.000000736. The number of aldehydes is 1. The SMILES string of the molecule is CO.COC(C)C.FCF.O=CCNP(OCC1CCC(n2ccc(=O)[nH]c2=O)O1)Oc1ccc2ccccc2c1. The molecule has 228 valence electrons. The number of nitrogens with zero attached hydrogens (tertiary/aromatic N) is 1. The molecule has 3 N–H and O–H groups in total. The Hall–Kier alpha value is -3.06. The summed E-state index contributed by atoms with van der Waals surface area (Å²) in [6, 6.07) is 15.0. The molecule has 4 rings (SSSR count). The van der Waals surface area contributed by atoms with Crippen LogP contribution in [0.2, 0.25) is 0 Å². The van der Waals surface area contributed by atoms with Crippen LogP contribution in [-0.4, -0.2) is 67.5 Å². The van der Waals surface area contributed by atoms with Gasteiger partial charge in [0.25, 0.3) is 5.56 Å². The van der Waals surface area contributed by atoms with E-state index >= 15 is 0 Å². The Labute approximate surface area is 238 Å². The minimum absolute atomic E-state index is 0.0974. The van der Waals surface area contributed by atoms with Gasteiger partial charge in [0.05, 0.1) is 25.4 Å². The van der Waals surface area contributed by atoms with Crippen molar-refractivity contribution in [3.8, 4) is 5.75 Å². The van der Waals surface area contributed by atoms with Crippen molar-refractivity contribution >= 4 is 25.6 Å². The van der Waals surface area contributed by atoms with Gasteiger partial charge in [-0.05, 0) is 49.6 Å². The largest absolute Gasteiger partial charge is 0.436 e. The zero-order valence-electron chi connectivity index (χ0n) is 23.5. The topological polar surface area (TPSA) is 141 Å². The summed E-state index contributed by atoms with van der Waals surface area (Å²) in [7, 11) is 1.13. The summed E-state index contributed by atoms with van der Waals surface area (Å²) in [5, 5.41) is 12.1. The quantitative estimate of drug-likeness (QED) is 0.232. The molecule has 0 spiro atoms. The first-order chi connectivity index (χ1) is 19.8. The van der Waals surface area contributed by atoms with Crippen LogP contribution in [0.1, 0.15) is 32.9 Å². The van der Waals surface area contributed by atoms with E-state index in [0.717, 1.165) is 24.2 Å². The summed E-state index contributed by atoms with van der Waals surface area (Å²) < 4.78 is 43.1. The van der Waals surface area contributed by atoms with Crippen LogP contribution in [0.3, 0.4) is 0 Å². The van der Waals surface area contributed by atoms with Gasteiger partial charge in [0, 0.05) is 26.5 Å². The van der Waals surface area contributed by atoms with Crippen LogP contribution < -0.4 is 20.9 Å². The molecule has 14 heteroatoms. The fourth-order valence-electron chi connectivity index (χ4n) is 3.35. The number of carbonyl (C=O) groups is 1. The number of hydrogen-bond acceptors (Lipinski definition) is 9. The molecule has 1 aliphatic heterocycles. The van der Waals surface area contributed by atoms with Crippen molar-refractivity contribution in [3.05, 3.63) is 75.6 Å². The summed E-state index contributed by atoms with van der Waals surface area (Å²) in [5.41, 5.74) is -0.953. The standard InChI is InChI=1S/C21H22N3O6P.C4H10O.CH2F2.CH4O/c25-12-10-22-31(30-17-6-5-15-3-1-2-4-16(15)13-17)28-14-18-7-8-20(29-18)24-11-9-19(26)23-21(24)27;1-4(2)5-3;2-1-3;1-2/h1-6,9,11-13,18,20,22H,7-8,10,14H2,(H,23,26,27);4H,1-3H3;1H2;2H,1H3. The van der Waals surface area contributed by atoms with Gasteiger partial charge in [0.2, 0.25) is 6.93 Å². The van der Waals surface area contributed by atoms with Gasteiger partial charge >= 0.3 is 14.2 Å². The molecule has 0 saturated carbocycles. The molecule has 2 heterocycles. The highest BCUT2D eigenvalue weighted by Crippen LogP contribution is 2.38. The first-order valence-corrected chi connectivity index (χ1v) is 13.8. The van der Waals surface area contributed by atoms with Gasteiger partial charge < -0.3 is 28.4 Å². The van der Waals surface area contributed by atoms with Crippen molar-refractivity contribution in [2.75, 3.05) is 34.3 Å². The number of aliphatic hydroxyl groups excluding tert-OH is 1. The number of halogens is 2. The predicted molar refractivity (Wildman–Crippen MR) is 153 cm³/mol. The van der Waals surface area contributed by atoms with E-state index in [0.29, 0.717) is 24.7 Å². The van der Waals surface area contributed by atoms with E-state index in [1.807, 2.05) is 56.3 Å². The average molecular weight is 602 g/mol. The van der Waals surface area contributed by atoms with E-state index in [4.69, 9.17) is 23.6 Å². The lowest BCUT2D eigenvalue weighted by molar-refractivity contribution is -0.106. The Morgan fingerprint density at radius 3 is 2.41 bits per heavy atom. The Kier molecular flexibility index (Phi) is 18.2. The van der Waals surface area contributed by atoms with Crippen LogP contribution in [-0.2, 0) is 18.8 Å². The summed E-state index contributed by atoms with van der Waals surface area (Å²) in [4.78, 5) is 36.2. The van der Waals surface area contributed by atoms with Gasteiger partial charge in [-0.3, -0.25) is 14.3 Å². The second-order valence-corrected chi connectivity index (χ2v) is 9.65. The molecule has 3 unspecified atom stereocenters. The highest BCUT2D eigenvalue weighted by atomic mass is 31.2. The monoisotopic (exact) mass is 601 g/mol. The van der Waals surface area contributed by atoms with Gasteiger partial charge in [-0.2, -0.15) is 0 Å². The maximum Gasteiger partial charge on any atom is 0.330 e. The summed E-state index contributed by atoms with van der Waals surface area (Å²) in [5.74, 6) is 0.633. The van der Waals surface area contributed by atoms with Crippen molar-refractivity contribution in [2.45, 2.75) is 45.1 Å².